The highest BCUT2D eigenvalue weighted by Gasteiger charge is 2.25. The molecule has 1 amide bonds. The zero-order valence-electron chi connectivity index (χ0n) is 16.8. The first kappa shape index (κ1) is 20.2. The largest absolute Gasteiger partial charge is 0.493 e. The summed E-state index contributed by atoms with van der Waals surface area (Å²) in [6.45, 7) is 2.71. The van der Waals surface area contributed by atoms with E-state index < -0.39 is 0 Å². The standard InChI is InChI=1S/C23H30N2O3/c1-27-21-12-11-19(16-22(21)28-2)20(25-14-6-7-15-25)17-24-23(26)13-10-18-8-4-3-5-9-18/h3-5,8-9,11-12,16,20H,6-7,10,13-15,17H2,1-2H3,(H,24,26). The summed E-state index contributed by atoms with van der Waals surface area (Å²) in [6, 6.07) is 16.3. The lowest BCUT2D eigenvalue weighted by Crippen LogP contribution is -2.36. The van der Waals surface area contributed by atoms with Gasteiger partial charge in [0.05, 0.1) is 20.3 Å². The summed E-state index contributed by atoms with van der Waals surface area (Å²) >= 11 is 0. The Labute approximate surface area is 167 Å². The number of benzene rings is 2. The lowest BCUT2D eigenvalue weighted by molar-refractivity contribution is -0.121. The normalized spacial score (nSPS) is 15.2. The van der Waals surface area contributed by atoms with Gasteiger partial charge in [0.15, 0.2) is 11.5 Å². The van der Waals surface area contributed by atoms with E-state index in [2.05, 4.69) is 28.4 Å². The van der Waals surface area contributed by atoms with Crippen LogP contribution < -0.4 is 14.8 Å². The Morgan fingerprint density at radius 2 is 1.75 bits per heavy atom. The molecule has 2 aromatic carbocycles. The van der Waals surface area contributed by atoms with Crippen molar-refractivity contribution in [3.8, 4) is 11.5 Å². The Morgan fingerprint density at radius 3 is 2.43 bits per heavy atom. The summed E-state index contributed by atoms with van der Waals surface area (Å²) in [6.07, 6.45) is 3.66. The molecule has 1 heterocycles. The van der Waals surface area contributed by atoms with Gasteiger partial charge >= 0.3 is 0 Å². The maximum absolute atomic E-state index is 12.4. The first-order chi connectivity index (χ1) is 13.7. The first-order valence-electron chi connectivity index (χ1n) is 9.98. The van der Waals surface area contributed by atoms with Crippen LogP contribution >= 0.6 is 0 Å². The quantitative estimate of drug-likeness (QED) is 0.720. The van der Waals surface area contributed by atoms with E-state index in [1.165, 1.54) is 18.4 Å². The topological polar surface area (TPSA) is 50.8 Å². The number of rotatable bonds is 9. The smallest absolute Gasteiger partial charge is 0.220 e. The lowest BCUT2D eigenvalue weighted by Gasteiger charge is -2.28. The highest BCUT2D eigenvalue weighted by atomic mass is 16.5. The maximum Gasteiger partial charge on any atom is 0.220 e. The molecule has 1 aliphatic heterocycles. The third-order valence-corrected chi connectivity index (χ3v) is 5.35. The zero-order chi connectivity index (χ0) is 19.8. The van der Waals surface area contributed by atoms with Crippen LogP contribution in [0.15, 0.2) is 48.5 Å². The number of nitrogens with zero attached hydrogens (tertiary/aromatic N) is 1. The third kappa shape index (κ3) is 5.26. The fourth-order valence-electron chi connectivity index (χ4n) is 3.77. The van der Waals surface area contributed by atoms with Crippen LogP contribution in [0.5, 0.6) is 11.5 Å². The lowest BCUT2D eigenvalue weighted by atomic mass is 10.0. The molecule has 5 heteroatoms. The average molecular weight is 383 g/mol. The van der Waals surface area contributed by atoms with Gasteiger partial charge in [0, 0.05) is 13.0 Å². The summed E-state index contributed by atoms with van der Waals surface area (Å²) in [7, 11) is 3.29. The van der Waals surface area contributed by atoms with Crippen molar-refractivity contribution in [2.75, 3.05) is 33.9 Å². The SMILES string of the molecule is COc1ccc(C(CNC(=O)CCc2ccccc2)N2CCCC2)cc1OC. The van der Waals surface area contributed by atoms with Crippen molar-refractivity contribution in [3.63, 3.8) is 0 Å². The van der Waals surface area contributed by atoms with Crippen molar-refractivity contribution in [1.29, 1.82) is 0 Å². The molecule has 0 aliphatic carbocycles. The number of aryl methyl sites for hydroxylation is 1. The Hall–Kier alpha value is -2.53. The van der Waals surface area contributed by atoms with Gasteiger partial charge < -0.3 is 14.8 Å². The van der Waals surface area contributed by atoms with Crippen molar-refractivity contribution >= 4 is 5.91 Å². The second-order valence-electron chi connectivity index (χ2n) is 7.16. The van der Waals surface area contributed by atoms with Crippen LogP contribution in [0.4, 0.5) is 0 Å². The Bertz CT molecular complexity index is 758. The van der Waals surface area contributed by atoms with Gasteiger partial charge in [0.2, 0.25) is 5.91 Å². The number of carbonyl (C=O) groups excluding carboxylic acids is 1. The van der Waals surface area contributed by atoms with E-state index in [-0.39, 0.29) is 11.9 Å². The predicted molar refractivity (Wildman–Crippen MR) is 111 cm³/mol. The molecule has 0 radical (unpaired) electrons. The van der Waals surface area contributed by atoms with Gasteiger partial charge in [0.1, 0.15) is 0 Å². The molecule has 150 valence electrons. The van der Waals surface area contributed by atoms with Gasteiger partial charge in [-0.25, -0.2) is 0 Å². The Morgan fingerprint density at radius 1 is 1.04 bits per heavy atom. The number of ether oxygens (including phenoxy) is 2. The van der Waals surface area contributed by atoms with E-state index >= 15 is 0 Å². The molecule has 3 rings (SSSR count). The van der Waals surface area contributed by atoms with Gasteiger partial charge in [-0.05, 0) is 55.6 Å². The molecule has 1 unspecified atom stereocenters. The molecule has 0 spiro atoms. The van der Waals surface area contributed by atoms with E-state index in [0.717, 1.165) is 36.6 Å². The minimum absolute atomic E-state index is 0.0912. The Balaban J connectivity index is 1.64. The van der Waals surface area contributed by atoms with Crippen LogP contribution in [0.2, 0.25) is 0 Å². The molecule has 0 bridgehead atoms. The van der Waals surface area contributed by atoms with Crippen molar-refractivity contribution < 1.29 is 14.3 Å². The Kier molecular flexibility index (Phi) is 7.31. The third-order valence-electron chi connectivity index (χ3n) is 5.35. The van der Waals surface area contributed by atoms with Crippen LogP contribution in [-0.4, -0.2) is 44.7 Å². The fourth-order valence-corrected chi connectivity index (χ4v) is 3.77. The summed E-state index contributed by atoms with van der Waals surface area (Å²) in [5, 5.41) is 3.14. The van der Waals surface area contributed by atoms with E-state index in [0.29, 0.717) is 13.0 Å². The summed E-state index contributed by atoms with van der Waals surface area (Å²) in [5.74, 6) is 1.53. The van der Waals surface area contributed by atoms with Gasteiger partial charge in [-0.15, -0.1) is 0 Å². The van der Waals surface area contributed by atoms with Crippen molar-refractivity contribution in [1.82, 2.24) is 10.2 Å². The predicted octanol–water partition coefficient (Wildman–Crippen LogP) is 3.59. The van der Waals surface area contributed by atoms with Crippen molar-refractivity contribution in [3.05, 3.63) is 59.7 Å². The molecule has 1 N–H and O–H groups in total. The molecule has 28 heavy (non-hydrogen) atoms. The van der Waals surface area contributed by atoms with Gasteiger partial charge in [0.25, 0.3) is 0 Å². The summed E-state index contributed by atoms with van der Waals surface area (Å²) < 4.78 is 10.8. The van der Waals surface area contributed by atoms with Gasteiger partial charge in [-0.2, -0.15) is 0 Å². The van der Waals surface area contributed by atoms with Crippen LogP contribution in [0.1, 0.15) is 36.4 Å². The first-order valence-corrected chi connectivity index (χ1v) is 9.98. The second kappa shape index (κ2) is 10.1. The number of nitrogens with one attached hydrogen (secondary N) is 1. The maximum atomic E-state index is 12.4. The highest BCUT2D eigenvalue weighted by Crippen LogP contribution is 2.33. The number of likely N-dealkylation sites (tertiary alicyclic amines) is 1. The van der Waals surface area contributed by atoms with E-state index in [1.54, 1.807) is 14.2 Å². The number of amides is 1. The summed E-state index contributed by atoms with van der Waals surface area (Å²) in [5.41, 5.74) is 2.33. The average Bonchev–Trinajstić information content (AvgIpc) is 3.27. The summed E-state index contributed by atoms with van der Waals surface area (Å²) in [4.78, 5) is 14.9. The fraction of sp³-hybridized carbons (Fsp3) is 0.435. The van der Waals surface area contributed by atoms with Crippen molar-refractivity contribution in [2.45, 2.75) is 31.7 Å². The zero-order valence-corrected chi connectivity index (χ0v) is 16.8. The van der Waals surface area contributed by atoms with Crippen LogP contribution in [0, 0.1) is 0 Å². The van der Waals surface area contributed by atoms with Crippen LogP contribution in [0.25, 0.3) is 0 Å². The van der Waals surface area contributed by atoms with Crippen LogP contribution in [0.3, 0.4) is 0 Å². The molecule has 1 fully saturated rings. The number of hydrogen-bond acceptors (Lipinski definition) is 4. The molecule has 1 atom stereocenters. The highest BCUT2D eigenvalue weighted by molar-refractivity contribution is 5.76. The number of methoxy groups -OCH3 is 2. The van der Waals surface area contributed by atoms with Gasteiger partial charge in [-0.3, -0.25) is 9.69 Å². The minimum atomic E-state index is 0.0912. The minimum Gasteiger partial charge on any atom is -0.493 e. The molecule has 0 saturated carbocycles. The molecule has 0 aromatic heterocycles. The van der Waals surface area contributed by atoms with Crippen LogP contribution in [-0.2, 0) is 11.2 Å². The molecular formula is C23H30N2O3. The molecule has 5 nitrogen and oxygen atoms in total. The van der Waals surface area contributed by atoms with Gasteiger partial charge in [-0.1, -0.05) is 36.4 Å². The van der Waals surface area contributed by atoms with E-state index in [9.17, 15) is 4.79 Å². The number of hydrogen-bond donors (Lipinski definition) is 1. The van der Waals surface area contributed by atoms with E-state index in [4.69, 9.17) is 9.47 Å². The van der Waals surface area contributed by atoms with Crippen molar-refractivity contribution in [2.24, 2.45) is 0 Å². The van der Waals surface area contributed by atoms with E-state index in [1.807, 2.05) is 30.3 Å². The molecule has 2 aromatic rings. The second-order valence-corrected chi connectivity index (χ2v) is 7.16. The number of carbonyl (C=O) groups is 1. The molecule has 1 aliphatic rings. The monoisotopic (exact) mass is 382 g/mol. The molecular weight excluding hydrogens is 352 g/mol. The molecule has 1 saturated heterocycles.